The maximum atomic E-state index is 10.0. The van der Waals surface area contributed by atoms with Crippen LogP contribution in [-0.4, -0.2) is 53.0 Å². The number of nitrogens with zero attached hydrogens (tertiary/aromatic N) is 4. The number of hydrogen-bond donors (Lipinski definition) is 1. The number of pyridine rings is 1. The van der Waals surface area contributed by atoms with Gasteiger partial charge in [-0.3, -0.25) is 0 Å². The average Bonchev–Trinajstić information content (AvgIpc) is 3.09. The van der Waals surface area contributed by atoms with Gasteiger partial charge in [0, 0.05) is 24.8 Å². The number of halogens is 1. The minimum atomic E-state index is -0.183. The van der Waals surface area contributed by atoms with Crippen LogP contribution in [0.25, 0.3) is 11.3 Å². The van der Waals surface area contributed by atoms with Crippen LogP contribution in [0.3, 0.4) is 0 Å². The number of aliphatic hydroxyl groups excluding tert-OH is 1. The molecule has 2 aliphatic heterocycles. The second-order valence-corrected chi connectivity index (χ2v) is 8.46. The van der Waals surface area contributed by atoms with E-state index in [4.69, 9.17) is 31.0 Å². The monoisotopic (exact) mass is 418 g/mol. The van der Waals surface area contributed by atoms with Gasteiger partial charge in [-0.15, -0.1) is 0 Å². The van der Waals surface area contributed by atoms with Crippen molar-refractivity contribution in [2.24, 2.45) is 5.41 Å². The highest BCUT2D eigenvalue weighted by Crippen LogP contribution is 2.43. The molecule has 0 aliphatic carbocycles. The molecule has 2 saturated heterocycles. The topological polar surface area (TPSA) is 80.6 Å². The molecule has 0 unspecified atom stereocenters. The first-order valence-electron chi connectivity index (χ1n) is 10.00. The van der Waals surface area contributed by atoms with Gasteiger partial charge in [0.1, 0.15) is 10.7 Å². The van der Waals surface area contributed by atoms with Crippen LogP contribution in [0.4, 0.5) is 5.82 Å². The van der Waals surface area contributed by atoms with Gasteiger partial charge in [0.15, 0.2) is 5.82 Å². The molecule has 2 fully saturated rings. The maximum absolute atomic E-state index is 10.0. The fraction of sp³-hybridized carbons (Fsp3) is 0.571. The molecule has 29 heavy (non-hydrogen) atoms. The Morgan fingerprint density at radius 1 is 1.34 bits per heavy atom. The number of methoxy groups -OCH3 is 1. The third-order valence-electron chi connectivity index (χ3n) is 6.09. The fourth-order valence-corrected chi connectivity index (χ4v) is 4.77. The van der Waals surface area contributed by atoms with Crippen LogP contribution in [0.1, 0.15) is 37.6 Å². The van der Waals surface area contributed by atoms with Crippen LogP contribution in [0.2, 0.25) is 5.02 Å². The van der Waals surface area contributed by atoms with E-state index in [2.05, 4.69) is 16.8 Å². The SMILES string of the molecule is COc1nccc(-c2nc(CO)c(N3CCC4(CC3)CO[C@@H](C)C4)nc2C)c1Cl. The molecular formula is C21H27ClN4O3. The number of hydrogen-bond acceptors (Lipinski definition) is 7. The number of piperidine rings is 1. The zero-order valence-corrected chi connectivity index (χ0v) is 17.9. The highest BCUT2D eigenvalue weighted by molar-refractivity contribution is 6.34. The summed E-state index contributed by atoms with van der Waals surface area (Å²) in [4.78, 5) is 15.9. The Labute approximate surface area is 176 Å². The summed E-state index contributed by atoms with van der Waals surface area (Å²) in [6.45, 7) is 6.50. The van der Waals surface area contributed by atoms with Gasteiger partial charge in [-0.2, -0.15) is 0 Å². The minimum absolute atomic E-state index is 0.183. The van der Waals surface area contributed by atoms with Crippen LogP contribution in [0, 0.1) is 12.3 Å². The van der Waals surface area contributed by atoms with Crippen LogP contribution >= 0.6 is 11.6 Å². The molecule has 2 aromatic heterocycles. The van der Waals surface area contributed by atoms with E-state index >= 15 is 0 Å². The Morgan fingerprint density at radius 3 is 2.72 bits per heavy atom. The summed E-state index contributed by atoms with van der Waals surface area (Å²) in [5, 5.41) is 10.4. The van der Waals surface area contributed by atoms with Crippen molar-refractivity contribution in [3.63, 3.8) is 0 Å². The molecule has 0 amide bonds. The highest BCUT2D eigenvalue weighted by atomic mass is 35.5. The van der Waals surface area contributed by atoms with Gasteiger partial charge < -0.3 is 19.5 Å². The molecule has 156 valence electrons. The lowest BCUT2D eigenvalue weighted by molar-refractivity contribution is 0.0975. The Kier molecular flexibility index (Phi) is 5.64. The van der Waals surface area contributed by atoms with E-state index in [1.165, 1.54) is 7.11 Å². The number of anilines is 1. The third-order valence-corrected chi connectivity index (χ3v) is 6.46. The molecule has 1 atom stereocenters. The zero-order chi connectivity index (χ0) is 20.6. The van der Waals surface area contributed by atoms with Crippen LogP contribution in [0.5, 0.6) is 5.88 Å². The quantitative estimate of drug-likeness (QED) is 0.814. The molecule has 4 heterocycles. The van der Waals surface area contributed by atoms with E-state index in [0.717, 1.165) is 50.5 Å². The summed E-state index contributed by atoms with van der Waals surface area (Å²) in [6.07, 6.45) is 5.23. The van der Waals surface area contributed by atoms with Crippen LogP contribution < -0.4 is 9.64 Å². The van der Waals surface area contributed by atoms with E-state index in [0.29, 0.717) is 39.4 Å². The predicted octanol–water partition coefficient (Wildman–Crippen LogP) is 3.40. The van der Waals surface area contributed by atoms with Crippen LogP contribution in [-0.2, 0) is 11.3 Å². The van der Waals surface area contributed by atoms with E-state index < -0.39 is 0 Å². The molecule has 0 aromatic carbocycles. The standard InChI is InChI=1S/C21H27ClN4O3/c1-13-10-21(12-29-13)5-8-26(9-6-21)19-16(11-27)25-18(14(2)24-19)15-4-7-23-20(28-3)17(15)22/h4,7,13,27H,5-6,8-12H2,1-3H3/t13-/m0/s1. The summed E-state index contributed by atoms with van der Waals surface area (Å²) in [5.41, 5.74) is 2.93. The van der Waals surface area contributed by atoms with E-state index in [1.807, 2.05) is 6.92 Å². The summed E-state index contributed by atoms with van der Waals surface area (Å²) in [6, 6.07) is 1.79. The molecule has 1 spiro atoms. The van der Waals surface area contributed by atoms with Crippen molar-refractivity contribution in [1.29, 1.82) is 0 Å². The molecule has 0 bridgehead atoms. The summed E-state index contributed by atoms with van der Waals surface area (Å²) in [5.74, 6) is 1.10. The minimum Gasteiger partial charge on any atom is -0.480 e. The Hall–Kier alpha value is -1.96. The van der Waals surface area contributed by atoms with Gasteiger partial charge in [-0.1, -0.05) is 11.6 Å². The molecule has 0 saturated carbocycles. The van der Waals surface area contributed by atoms with Crippen molar-refractivity contribution in [1.82, 2.24) is 15.0 Å². The van der Waals surface area contributed by atoms with Crippen molar-refractivity contribution in [3.8, 4) is 17.1 Å². The Morgan fingerprint density at radius 2 is 2.10 bits per heavy atom. The zero-order valence-electron chi connectivity index (χ0n) is 17.1. The van der Waals surface area contributed by atoms with E-state index in [-0.39, 0.29) is 6.61 Å². The molecule has 2 aromatic rings. The third kappa shape index (κ3) is 3.79. The normalized spacial score (nSPS) is 21.0. The maximum Gasteiger partial charge on any atom is 0.232 e. The van der Waals surface area contributed by atoms with Gasteiger partial charge in [-0.25, -0.2) is 15.0 Å². The van der Waals surface area contributed by atoms with Gasteiger partial charge >= 0.3 is 0 Å². The van der Waals surface area contributed by atoms with Crippen molar-refractivity contribution in [2.75, 3.05) is 31.7 Å². The Bertz CT molecular complexity index is 900. The molecule has 1 N–H and O–H groups in total. The molecule has 7 nitrogen and oxygen atoms in total. The van der Waals surface area contributed by atoms with Crippen LogP contribution in [0.15, 0.2) is 12.3 Å². The number of aryl methyl sites for hydroxylation is 1. The van der Waals surface area contributed by atoms with Gasteiger partial charge in [0.05, 0.1) is 37.8 Å². The molecule has 0 radical (unpaired) electrons. The number of aromatic nitrogens is 3. The van der Waals surface area contributed by atoms with E-state index in [1.54, 1.807) is 12.3 Å². The van der Waals surface area contributed by atoms with Crippen molar-refractivity contribution in [3.05, 3.63) is 28.7 Å². The molecule has 4 rings (SSSR count). The van der Waals surface area contributed by atoms with E-state index in [9.17, 15) is 5.11 Å². The van der Waals surface area contributed by atoms with Crippen molar-refractivity contribution < 1.29 is 14.6 Å². The number of ether oxygens (including phenoxy) is 2. The lowest BCUT2D eigenvalue weighted by Crippen LogP contribution is -2.41. The van der Waals surface area contributed by atoms with Crippen molar-refractivity contribution >= 4 is 17.4 Å². The molecule has 8 heteroatoms. The molecular weight excluding hydrogens is 392 g/mol. The summed E-state index contributed by atoms with van der Waals surface area (Å²) >= 11 is 6.44. The van der Waals surface area contributed by atoms with Crippen molar-refractivity contribution in [2.45, 2.75) is 45.8 Å². The summed E-state index contributed by atoms with van der Waals surface area (Å²) in [7, 11) is 1.53. The number of aliphatic hydroxyl groups is 1. The average molecular weight is 419 g/mol. The smallest absolute Gasteiger partial charge is 0.232 e. The number of rotatable bonds is 4. The second kappa shape index (κ2) is 8.05. The predicted molar refractivity (Wildman–Crippen MR) is 111 cm³/mol. The second-order valence-electron chi connectivity index (χ2n) is 8.08. The first-order chi connectivity index (χ1) is 14.0. The fourth-order valence-electron chi connectivity index (χ4n) is 4.49. The first-order valence-corrected chi connectivity index (χ1v) is 10.4. The van der Waals surface area contributed by atoms with Gasteiger partial charge in [0.2, 0.25) is 5.88 Å². The van der Waals surface area contributed by atoms with Gasteiger partial charge in [-0.05, 0) is 44.6 Å². The molecule has 2 aliphatic rings. The van der Waals surface area contributed by atoms with Gasteiger partial charge in [0.25, 0.3) is 0 Å². The summed E-state index contributed by atoms with van der Waals surface area (Å²) < 4.78 is 11.0. The lowest BCUT2D eigenvalue weighted by Gasteiger charge is -2.39. The lowest BCUT2D eigenvalue weighted by atomic mass is 9.77. The largest absolute Gasteiger partial charge is 0.480 e. The first kappa shape index (κ1) is 20.3. The Balaban J connectivity index is 1.63. The highest BCUT2D eigenvalue weighted by Gasteiger charge is 2.41.